The lowest BCUT2D eigenvalue weighted by Gasteiger charge is -2.13. The van der Waals surface area contributed by atoms with Gasteiger partial charge in [0.15, 0.2) is 0 Å². The summed E-state index contributed by atoms with van der Waals surface area (Å²) < 4.78 is 5.36. The van der Waals surface area contributed by atoms with Crippen molar-refractivity contribution < 1.29 is 14.6 Å². The van der Waals surface area contributed by atoms with E-state index in [4.69, 9.17) is 9.84 Å². The van der Waals surface area contributed by atoms with Gasteiger partial charge < -0.3 is 9.84 Å². The average molecular weight is 154 g/mol. The molecule has 1 N–H and O–H groups in total. The number of hydrogen-bond acceptors (Lipinski definition) is 2. The zero-order chi connectivity index (χ0) is 7.59. The number of carboxylic acid groups (broad SMARTS) is 1. The number of carbonyl (C=O) groups is 1. The van der Waals surface area contributed by atoms with Gasteiger partial charge in [0.2, 0.25) is 0 Å². The third-order valence-electron chi connectivity index (χ3n) is 3.41. The predicted octanol–water partition coefficient (Wildman–Crippen LogP) is 0.494. The minimum atomic E-state index is -0.619. The first-order valence-corrected chi connectivity index (χ1v) is 4.15. The average Bonchev–Trinajstić information content (AvgIpc) is 2.57. The highest BCUT2D eigenvalue weighted by molar-refractivity contribution is 5.71. The fourth-order valence-electron chi connectivity index (χ4n) is 2.89. The molecule has 3 rings (SSSR count). The van der Waals surface area contributed by atoms with Crippen LogP contribution in [0.15, 0.2) is 0 Å². The van der Waals surface area contributed by atoms with Crippen molar-refractivity contribution in [1.29, 1.82) is 0 Å². The molecule has 2 saturated carbocycles. The first-order valence-electron chi connectivity index (χ1n) is 4.15. The Bertz CT molecular complexity index is 225. The topological polar surface area (TPSA) is 49.8 Å². The van der Waals surface area contributed by atoms with Gasteiger partial charge in [-0.3, -0.25) is 4.79 Å². The van der Waals surface area contributed by atoms with E-state index in [0.717, 1.165) is 12.8 Å². The molecule has 0 aromatic heterocycles. The molecular formula is C8H10O3. The Hall–Kier alpha value is -0.570. The van der Waals surface area contributed by atoms with Gasteiger partial charge in [-0.2, -0.15) is 0 Å². The number of fused-ring (bicyclic) bond motifs is 5. The monoisotopic (exact) mass is 154 g/mol. The first kappa shape index (κ1) is 6.00. The van der Waals surface area contributed by atoms with Crippen LogP contribution in [-0.2, 0) is 9.53 Å². The molecule has 5 atom stereocenters. The maximum atomic E-state index is 10.7. The molecule has 3 fully saturated rings. The van der Waals surface area contributed by atoms with E-state index in [2.05, 4.69) is 0 Å². The number of epoxide rings is 1. The molecule has 3 heteroatoms. The number of ether oxygens (including phenoxy) is 1. The standard InChI is InChI=1S/C8H10O3/c9-8(10)5-2-3-1-4(5)7-6(3)11-7/h3-7H,1-2H2,(H,9,10)/t3-,4+,5+,6-,7+/m0/s1. The lowest BCUT2D eigenvalue weighted by molar-refractivity contribution is -0.143. The van der Waals surface area contributed by atoms with E-state index in [9.17, 15) is 4.79 Å². The molecule has 3 nitrogen and oxygen atoms in total. The van der Waals surface area contributed by atoms with Gasteiger partial charge in [0.1, 0.15) is 0 Å². The Morgan fingerprint density at radius 3 is 2.73 bits per heavy atom. The van der Waals surface area contributed by atoms with Gasteiger partial charge in [0.05, 0.1) is 18.1 Å². The molecule has 0 aromatic rings. The molecule has 0 aromatic carbocycles. The van der Waals surface area contributed by atoms with Gasteiger partial charge in [-0.25, -0.2) is 0 Å². The number of hydrogen-bond donors (Lipinski definition) is 1. The summed E-state index contributed by atoms with van der Waals surface area (Å²) in [4.78, 5) is 10.7. The van der Waals surface area contributed by atoms with Crippen LogP contribution in [-0.4, -0.2) is 23.3 Å². The van der Waals surface area contributed by atoms with Crippen molar-refractivity contribution >= 4 is 5.97 Å². The Morgan fingerprint density at radius 1 is 1.36 bits per heavy atom. The van der Waals surface area contributed by atoms with E-state index < -0.39 is 5.97 Å². The first-order chi connectivity index (χ1) is 5.27. The maximum absolute atomic E-state index is 10.7. The molecule has 1 saturated heterocycles. The fraction of sp³-hybridized carbons (Fsp3) is 0.875. The minimum absolute atomic E-state index is 0.0938. The molecule has 0 radical (unpaired) electrons. The van der Waals surface area contributed by atoms with Crippen LogP contribution in [0.3, 0.4) is 0 Å². The molecule has 11 heavy (non-hydrogen) atoms. The summed E-state index contributed by atoms with van der Waals surface area (Å²) in [5.74, 6) is 0.212. The highest BCUT2D eigenvalue weighted by atomic mass is 16.6. The summed E-state index contributed by atoms with van der Waals surface area (Å²) in [6.07, 6.45) is 2.75. The van der Waals surface area contributed by atoms with E-state index in [1.54, 1.807) is 0 Å². The Kier molecular flexibility index (Phi) is 0.876. The van der Waals surface area contributed by atoms with Crippen molar-refractivity contribution in [3.8, 4) is 0 Å². The predicted molar refractivity (Wildman–Crippen MR) is 36.0 cm³/mol. The van der Waals surface area contributed by atoms with Crippen LogP contribution < -0.4 is 0 Å². The molecule has 0 spiro atoms. The van der Waals surface area contributed by atoms with Gasteiger partial charge in [0.25, 0.3) is 0 Å². The fourth-order valence-corrected chi connectivity index (χ4v) is 2.89. The minimum Gasteiger partial charge on any atom is -0.481 e. The summed E-state index contributed by atoms with van der Waals surface area (Å²) in [5, 5.41) is 8.82. The van der Waals surface area contributed by atoms with Crippen LogP contribution in [0.5, 0.6) is 0 Å². The van der Waals surface area contributed by atoms with E-state index in [1.165, 1.54) is 0 Å². The smallest absolute Gasteiger partial charge is 0.306 e. The van der Waals surface area contributed by atoms with Crippen molar-refractivity contribution in [3.05, 3.63) is 0 Å². The second-order valence-corrected chi connectivity index (χ2v) is 3.91. The molecule has 2 aliphatic carbocycles. The van der Waals surface area contributed by atoms with E-state index in [1.807, 2.05) is 0 Å². The van der Waals surface area contributed by atoms with Crippen LogP contribution in [0, 0.1) is 17.8 Å². The summed E-state index contributed by atoms with van der Waals surface area (Å²) in [5.41, 5.74) is 0. The van der Waals surface area contributed by atoms with Crippen molar-refractivity contribution in [2.24, 2.45) is 17.8 Å². The van der Waals surface area contributed by atoms with Crippen molar-refractivity contribution in [2.45, 2.75) is 25.0 Å². The second-order valence-electron chi connectivity index (χ2n) is 3.91. The molecule has 60 valence electrons. The highest BCUT2D eigenvalue weighted by Gasteiger charge is 2.64. The lowest BCUT2D eigenvalue weighted by atomic mass is 9.89. The normalized spacial score (nSPS) is 57.6. The Morgan fingerprint density at radius 2 is 2.18 bits per heavy atom. The summed E-state index contributed by atoms with van der Waals surface area (Å²) in [7, 11) is 0. The quantitative estimate of drug-likeness (QED) is 0.559. The summed E-state index contributed by atoms with van der Waals surface area (Å²) in [6, 6.07) is 0. The van der Waals surface area contributed by atoms with Crippen LogP contribution in [0.4, 0.5) is 0 Å². The van der Waals surface area contributed by atoms with Crippen molar-refractivity contribution in [3.63, 3.8) is 0 Å². The lowest BCUT2D eigenvalue weighted by Crippen LogP contribution is -2.24. The molecule has 0 amide bonds. The van der Waals surface area contributed by atoms with Crippen LogP contribution in [0.25, 0.3) is 0 Å². The van der Waals surface area contributed by atoms with E-state index in [0.29, 0.717) is 24.0 Å². The van der Waals surface area contributed by atoms with E-state index >= 15 is 0 Å². The molecule has 3 aliphatic rings. The molecule has 0 unspecified atom stereocenters. The summed E-state index contributed by atoms with van der Waals surface area (Å²) in [6.45, 7) is 0. The Labute approximate surface area is 64.3 Å². The van der Waals surface area contributed by atoms with E-state index in [-0.39, 0.29) is 5.92 Å². The van der Waals surface area contributed by atoms with Gasteiger partial charge in [0, 0.05) is 5.92 Å². The maximum Gasteiger partial charge on any atom is 0.306 e. The SMILES string of the molecule is O=C(O)[C@@H]1C[C@@H]2C[C@H]1[C@H]1O[C@@H]21. The highest BCUT2D eigenvalue weighted by Crippen LogP contribution is 2.58. The van der Waals surface area contributed by atoms with Crippen LogP contribution >= 0.6 is 0 Å². The van der Waals surface area contributed by atoms with Gasteiger partial charge >= 0.3 is 5.97 Å². The summed E-state index contributed by atoms with van der Waals surface area (Å²) >= 11 is 0. The third kappa shape index (κ3) is 0.601. The Balaban J connectivity index is 1.87. The number of rotatable bonds is 1. The number of aliphatic carboxylic acids is 1. The second kappa shape index (κ2) is 1.61. The molecule has 1 aliphatic heterocycles. The van der Waals surface area contributed by atoms with Crippen molar-refractivity contribution in [2.75, 3.05) is 0 Å². The van der Waals surface area contributed by atoms with Gasteiger partial charge in [-0.15, -0.1) is 0 Å². The molecule has 1 heterocycles. The largest absolute Gasteiger partial charge is 0.481 e. The van der Waals surface area contributed by atoms with Gasteiger partial charge in [-0.1, -0.05) is 0 Å². The van der Waals surface area contributed by atoms with Crippen molar-refractivity contribution in [1.82, 2.24) is 0 Å². The molecule has 2 bridgehead atoms. The third-order valence-corrected chi connectivity index (χ3v) is 3.41. The zero-order valence-corrected chi connectivity index (χ0v) is 6.06. The molecular weight excluding hydrogens is 144 g/mol. The van der Waals surface area contributed by atoms with Crippen LogP contribution in [0.2, 0.25) is 0 Å². The van der Waals surface area contributed by atoms with Gasteiger partial charge in [-0.05, 0) is 18.8 Å². The zero-order valence-electron chi connectivity index (χ0n) is 6.06. The number of carboxylic acids is 1. The van der Waals surface area contributed by atoms with Crippen LogP contribution in [0.1, 0.15) is 12.8 Å².